The fraction of sp³-hybridized carbons (Fsp3) is 0.150. The summed E-state index contributed by atoms with van der Waals surface area (Å²) in [7, 11) is 0. The van der Waals surface area contributed by atoms with Gasteiger partial charge in [-0.05, 0) is 43.3 Å². The van der Waals surface area contributed by atoms with E-state index in [1.54, 1.807) is 11.3 Å². The number of ether oxygens (including phenoxy) is 2. The molecule has 136 valence electrons. The Labute approximate surface area is 160 Å². The Morgan fingerprint density at radius 1 is 0.926 bits per heavy atom. The van der Waals surface area contributed by atoms with Crippen LogP contribution in [0.5, 0.6) is 11.5 Å². The van der Waals surface area contributed by atoms with Crippen molar-refractivity contribution in [1.82, 2.24) is 15.2 Å². The van der Waals surface area contributed by atoms with E-state index in [1.807, 2.05) is 53.9 Å². The van der Waals surface area contributed by atoms with E-state index in [-0.39, 0.29) is 0 Å². The molecule has 0 N–H and O–H groups in total. The van der Waals surface area contributed by atoms with Crippen LogP contribution in [0.25, 0.3) is 11.5 Å². The van der Waals surface area contributed by atoms with Gasteiger partial charge in [-0.3, -0.25) is 0 Å². The summed E-state index contributed by atoms with van der Waals surface area (Å²) in [6.07, 6.45) is 1.31. The Balaban J connectivity index is 1.29. The number of benzene rings is 2. The first-order chi connectivity index (χ1) is 13.3. The van der Waals surface area contributed by atoms with Crippen LogP contribution >= 0.6 is 11.3 Å². The Morgan fingerprint density at radius 3 is 2.33 bits per heavy atom. The van der Waals surface area contributed by atoms with Crippen molar-refractivity contribution in [3.8, 4) is 23.0 Å². The molecule has 2 aromatic heterocycles. The van der Waals surface area contributed by atoms with Gasteiger partial charge in [-0.25, -0.2) is 4.98 Å². The molecule has 2 heterocycles. The second-order valence-electron chi connectivity index (χ2n) is 5.89. The minimum Gasteiger partial charge on any atom is -0.487 e. The van der Waals surface area contributed by atoms with Crippen molar-refractivity contribution in [3.05, 3.63) is 76.6 Å². The van der Waals surface area contributed by atoms with Crippen molar-refractivity contribution in [2.45, 2.75) is 20.1 Å². The van der Waals surface area contributed by atoms with Crippen LogP contribution < -0.4 is 9.47 Å². The summed E-state index contributed by atoms with van der Waals surface area (Å²) < 4.78 is 16.7. The van der Waals surface area contributed by atoms with Gasteiger partial charge in [0.1, 0.15) is 29.7 Å². The molecule has 0 radical (unpaired) electrons. The predicted octanol–water partition coefficient (Wildman–Crippen LogP) is 4.66. The highest BCUT2D eigenvalue weighted by Crippen LogP contribution is 2.21. The van der Waals surface area contributed by atoms with Crippen LogP contribution in [0.2, 0.25) is 0 Å². The smallest absolute Gasteiger partial charge is 0.247 e. The summed E-state index contributed by atoms with van der Waals surface area (Å²) in [4.78, 5) is 4.55. The first-order valence-corrected chi connectivity index (χ1v) is 9.26. The van der Waals surface area contributed by atoms with Crippen molar-refractivity contribution in [2.24, 2.45) is 0 Å². The zero-order valence-electron chi connectivity index (χ0n) is 14.7. The molecule has 0 atom stereocenters. The van der Waals surface area contributed by atoms with Crippen LogP contribution in [0.3, 0.4) is 0 Å². The lowest BCUT2D eigenvalue weighted by atomic mass is 10.2. The number of aryl methyl sites for hydroxylation is 1. The quantitative estimate of drug-likeness (QED) is 0.465. The first-order valence-electron chi connectivity index (χ1n) is 8.38. The molecule has 2 aromatic carbocycles. The Morgan fingerprint density at radius 2 is 1.63 bits per heavy atom. The van der Waals surface area contributed by atoms with Gasteiger partial charge < -0.3 is 13.9 Å². The van der Waals surface area contributed by atoms with E-state index in [4.69, 9.17) is 13.9 Å². The average molecular weight is 379 g/mol. The van der Waals surface area contributed by atoms with Gasteiger partial charge in [0.25, 0.3) is 0 Å². The molecule has 0 saturated heterocycles. The maximum absolute atomic E-state index is 5.79. The third-order valence-electron chi connectivity index (χ3n) is 3.83. The first kappa shape index (κ1) is 17.2. The fourth-order valence-electron chi connectivity index (χ4n) is 2.41. The monoisotopic (exact) mass is 379 g/mol. The van der Waals surface area contributed by atoms with E-state index in [2.05, 4.69) is 22.1 Å². The van der Waals surface area contributed by atoms with Crippen molar-refractivity contribution >= 4 is 11.3 Å². The molecule has 6 nitrogen and oxygen atoms in total. The number of thiazole rings is 1. The third kappa shape index (κ3) is 4.51. The largest absolute Gasteiger partial charge is 0.487 e. The topological polar surface area (TPSA) is 70.3 Å². The van der Waals surface area contributed by atoms with Crippen LogP contribution in [0.15, 0.2) is 64.7 Å². The van der Waals surface area contributed by atoms with Crippen LogP contribution in [0.1, 0.15) is 16.3 Å². The lowest BCUT2D eigenvalue weighted by Gasteiger charge is -2.05. The second-order valence-corrected chi connectivity index (χ2v) is 6.83. The summed E-state index contributed by atoms with van der Waals surface area (Å²) in [5, 5.41) is 10.5. The Bertz CT molecular complexity index is 980. The molecule has 27 heavy (non-hydrogen) atoms. The van der Waals surface area contributed by atoms with Gasteiger partial charge in [0.2, 0.25) is 12.3 Å². The molecule has 0 aliphatic heterocycles. The van der Waals surface area contributed by atoms with E-state index in [0.29, 0.717) is 19.1 Å². The molecule has 0 aliphatic carbocycles. The van der Waals surface area contributed by atoms with Gasteiger partial charge in [0.05, 0.1) is 5.69 Å². The molecular formula is C20H17N3O3S. The predicted molar refractivity (Wildman–Crippen MR) is 102 cm³/mol. The van der Waals surface area contributed by atoms with Gasteiger partial charge in [-0.1, -0.05) is 17.7 Å². The molecule has 0 saturated carbocycles. The van der Waals surface area contributed by atoms with Crippen LogP contribution in [0, 0.1) is 6.92 Å². The van der Waals surface area contributed by atoms with Crippen LogP contribution in [-0.2, 0) is 13.2 Å². The zero-order valence-corrected chi connectivity index (χ0v) is 15.5. The summed E-state index contributed by atoms with van der Waals surface area (Å²) >= 11 is 1.56. The fourth-order valence-corrected chi connectivity index (χ4v) is 3.10. The van der Waals surface area contributed by atoms with Gasteiger partial charge in [-0.2, -0.15) is 0 Å². The SMILES string of the molecule is Cc1ccc(OCc2nc(COc3ccc(-c4nnco4)cc3)cs2)cc1. The van der Waals surface area contributed by atoms with Crippen LogP contribution in [0.4, 0.5) is 0 Å². The standard InChI is InChI=1S/C20H17N3O3S/c1-14-2-6-17(7-3-14)25-11-19-22-16(12-27-19)10-24-18-8-4-15(5-9-18)20-23-21-13-26-20/h2-9,12-13H,10-11H2,1H3. The number of nitrogens with zero attached hydrogens (tertiary/aromatic N) is 3. The normalized spacial score (nSPS) is 10.7. The molecule has 0 aliphatic rings. The Kier molecular flexibility index (Phi) is 5.11. The summed E-state index contributed by atoms with van der Waals surface area (Å²) in [6, 6.07) is 15.5. The molecule has 0 bridgehead atoms. The van der Waals surface area contributed by atoms with Crippen molar-refractivity contribution in [1.29, 1.82) is 0 Å². The molecule has 4 rings (SSSR count). The Hall–Kier alpha value is -3.19. The molecular weight excluding hydrogens is 362 g/mol. The van der Waals surface area contributed by atoms with Crippen LogP contribution in [-0.4, -0.2) is 15.2 Å². The summed E-state index contributed by atoms with van der Waals surface area (Å²) in [5.41, 5.74) is 2.94. The van der Waals surface area contributed by atoms with E-state index in [9.17, 15) is 0 Å². The van der Waals surface area contributed by atoms with E-state index in [0.717, 1.165) is 27.8 Å². The maximum Gasteiger partial charge on any atom is 0.247 e. The van der Waals surface area contributed by atoms with Gasteiger partial charge in [-0.15, -0.1) is 21.5 Å². The number of aromatic nitrogens is 3. The number of hydrogen-bond donors (Lipinski definition) is 0. The highest BCUT2D eigenvalue weighted by Gasteiger charge is 2.06. The molecule has 0 amide bonds. The van der Waals surface area contributed by atoms with Gasteiger partial charge in [0.15, 0.2) is 0 Å². The van der Waals surface area contributed by atoms with Crippen molar-refractivity contribution < 1.29 is 13.9 Å². The average Bonchev–Trinajstić information content (AvgIpc) is 3.39. The molecule has 0 fully saturated rings. The summed E-state index contributed by atoms with van der Waals surface area (Å²) in [6.45, 7) is 2.91. The number of hydrogen-bond acceptors (Lipinski definition) is 7. The summed E-state index contributed by atoms with van der Waals surface area (Å²) in [5.74, 6) is 2.08. The third-order valence-corrected chi connectivity index (χ3v) is 4.70. The number of rotatable bonds is 7. The maximum atomic E-state index is 5.79. The van der Waals surface area contributed by atoms with Crippen molar-refractivity contribution in [2.75, 3.05) is 0 Å². The highest BCUT2D eigenvalue weighted by molar-refractivity contribution is 7.09. The minimum atomic E-state index is 0.404. The van der Waals surface area contributed by atoms with E-state index >= 15 is 0 Å². The minimum absolute atomic E-state index is 0.404. The van der Waals surface area contributed by atoms with E-state index < -0.39 is 0 Å². The molecule has 7 heteroatoms. The van der Waals surface area contributed by atoms with Crippen molar-refractivity contribution in [3.63, 3.8) is 0 Å². The molecule has 0 unspecified atom stereocenters. The second kappa shape index (κ2) is 8.01. The molecule has 4 aromatic rings. The molecule has 0 spiro atoms. The zero-order chi connectivity index (χ0) is 18.5. The highest BCUT2D eigenvalue weighted by atomic mass is 32.1. The van der Waals surface area contributed by atoms with Gasteiger partial charge >= 0.3 is 0 Å². The van der Waals surface area contributed by atoms with E-state index in [1.165, 1.54) is 12.0 Å². The lowest BCUT2D eigenvalue weighted by Crippen LogP contribution is -1.98. The lowest BCUT2D eigenvalue weighted by molar-refractivity contribution is 0.294. The van der Waals surface area contributed by atoms with Gasteiger partial charge in [0, 0.05) is 10.9 Å².